The lowest BCUT2D eigenvalue weighted by atomic mass is 10.2. The first kappa shape index (κ1) is 20.5. The summed E-state index contributed by atoms with van der Waals surface area (Å²) in [6.45, 7) is 3.81. The monoisotopic (exact) mass is 442 g/mol. The highest BCUT2D eigenvalue weighted by Gasteiger charge is 2.17. The van der Waals surface area contributed by atoms with Gasteiger partial charge in [-0.25, -0.2) is 9.66 Å². The van der Waals surface area contributed by atoms with Crippen LogP contribution in [-0.4, -0.2) is 30.3 Å². The maximum absolute atomic E-state index is 12.9. The first-order valence-corrected chi connectivity index (χ1v) is 10.3. The summed E-state index contributed by atoms with van der Waals surface area (Å²) in [6, 6.07) is 4.84. The van der Waals surface area contributed by atoms with Crippen molar-refractivity contribution in [2.45, 2.75) is 33.2 Å². The summed E-state index contributed by atoms with van der Waals surface area (Å²) in [5, 5.41) is 15.1. The summed E-state index contributed by atoms with van der Waals surface area (Å²) in [7, 11) is 0. The lowest BCUT2D eigenvalue weighted by Gasteiger charge is -2.09. The molecule has 4 heterocycles. The van der Waals surface area contributed by atoms with Crippen molar-refractivity contribution in [3.63, 3.8) is 0 Å². The van der Waals surface area contributed by atoms with Crippen LogP contribution < -0.4 is 11.0 Å². The molecular weight excluding hydrogens is 424 g/mol. The van der Waals surface area contributed by atoms with Crippen LogP contribution in [0.1, 0.15) is 40.4 Å². The maximum atomic E-state index is 12.9. The van der Waals surface area contributed by atoms with E-state index in [1.165, 1.54) is 28.3 Å². The Hall–Kier alpha value is -3.80. The van der Waals surface area contributed by atoms with Crippen LogP contribution in [0.5, 0.6) is 0 Å². The van der Waals surface area contributed by atoms with Crippen molar-refractivity contribution < 1.29 is 14.1 Å². The largest absolute Gasteiger partial charge is 0.454 e. The number of furan rings is 1. The molecule has 0 spiro atoms. The van der Waals surface area contributed by atoms with Crippen LogP contribution in [0.2, 0.25) is 0 Å². The van der Waals surface area contributed by atoms with E-state index in [0.717, 1.165) is 28.6 Å². The molecule has 0 fully saturated rings. The van der Waals surface area contributed by atoms with Gasteiger partial charge in [-0.05, 0) is 31.5 Å². The predicted molar refractivity (Wildman–Crippen MR) is 113 cm³/mol. The second-order valence-electron chi connectivity index (χ2n) is 6.84. The van der Waals surface area contributed by atoms with Crippen LogP contribution in [0.4, 0.5) is 5.69 Å². The highest BCUT2D eigenvalue weighted by molar-refractivity contribution is 7.18. The van der Waals surface area contributed by atoms with E-state index in [0.29, 0.717) is 21.8 Å². The second kappa shape index (κ2) is 8.14. The molecule has 1 N–H and O–H groups in total. The number of nitro groups is 1. The lowest BCUT2D eigenvalue weighted by molar-refractivity contribution is -0.385. The van der Waals surface area contributed by atoms with Crippen LogP contribution in [0.15, 0.2) is 39.8 Å². The number of fused-ring (bicyclic) bond motifs is 1. The highest BCUT2D eigenvalue weighted by atomic mass is 32.1. The predicted octanol–water partition coefficient (Wildman–Crippen LogP) is 2.85. The molecule has 0 atom stereocenters. The molecule has 0 saturated carbocycles. The van der Waals surface area contributed by atoms with Gasteiger partial charge in [-0.3, -0.25) is 29.8 Å². The molecule has 0 aliphatic rings. The lowest BCUT2D eigenvalue weighted by Crippen LogP contribution is -2.35. The Labute approximate surface area is 179 Å². The maximum Gasteiger partial charge on any atom is 0.307 e. The number of thiophene rings is 1. The van der Waals surface area contributed by atoms with Gasteiger partial charge in [0.25, 0.3) is 5.56 Å². The number of carbonyl (C=O) groups excluding carboxylic acids is 1. The average Bonchev–Trinajstić information content (AvgIpc) is 3.45. The third kappa shape index (κ3) is 4.10. The van der Waals surface area contributed by atoms with Gasteiger partial charge >= 0.3 is 11.6 Å². The number of nitrogens with zero attached hydrogens (tertiary/aromatic N) is 5. The summed E-state index contributed by atoms with van der Waals surface area (Å²) in [4.78, 5) is 41.8. The SMILES string of the molecule is CCCc1cc2c(=O)n(NC(=O)c3ccc(Cn4cc([N+](=O)[O-])cn4)o3)c(C)nc2s1. The summed E-state index contributed by atoms with van der Waals surface area (Å²) in [5.74, 6) is 0.0994. The number of carbonyl (C=O) groups is 1. The van der Waals surface area contributed by atoms with Gasteiger partial charge in [-0.1, -0.05) is 13.3 Å². The Kier molecular flexibility index (Phi) is 5.38. The normalized spacial score (nSPS) is 11.2. The molecule has 11 nitrogen and oxygen atoms in total. The third-order valence-corrected chi connectivity index (χ3v) is 5.62. The molecule has 0 aliphatic carbocycles. The number of hydrogen-bond acceptors (Lipinski definition) is 8. The summed E-state index contributed by atoms with van der Waals surface area (Å²) in [6.07, 6.45) is 4.22. The zero-order valence-electron chi connectivity index (χ0n) is 16.7. The Bertz CT molecular complexity index is 1350. The van der Waals surface area contributed by atoms with E-state index in [9.17, 15) is 19.7 Å². The van der Waals surface area contributed by atoms with E-state index >= 15 is 0 Å². The van der Waals surface area contributed by atoms with Gasteiger partial charge in [-0.15, -0.1) is 11.3 Å². The summed E-state index contributed by atoms with van der Waals surface area (Å²) in [5.41, 5.74) is 2.03. The van der Waals surface area contributed by atoms with Crippen LogP contribution in [0.3, 0.4) is 0 Å². The Morgan fingerprint density at radius 1 is 1.39 bits per heavy atom. The van der Waals surface area contributed by atoms with Crippen LogP contribution in [-0.2, 0) is 13.0 Å². The van der Waals surface area contributed by atoms with Crippen molar-refractivity contribution in [3.05, 3.63) is 73.3 Å². The zero-order valence-corrected chi connectivity index (χ0v) is 17.5. The molecule has 31 heavy (non-hydrogen) atoms. The number of amides is 1. The van der Waals surface area contributed by atoms with Crippen molar-refractivity contribution in [1.29, 1.82) is 0 Å². The molecule has 12 heteroatoms. The van der Waals surface area contributed by atoms with Crippen LogP contribution >= 0.6 is 11.3 Å². The van der Waals surface area contributed by atoms with E-state index in [1.54, 1.807) is 13.0 Å². The fourth-order valence-electron chi connectivity index (χ4n) is 3.07. The van der Waals surface area contributed by atoms with Crippen molar-refractivity contribution >= 4 is 33.1 Å². The summed E-state index contributed by atoms with van der Waals surface area (Å²) < 4.78 is 7.95. The molecule has 4 aromatic rings. The van der Waals surface area contributed by atoms with Crippen molar-refractivity contribution in [3.8, 4) is 0 Å². The number of rotatable bonds is 7. The number of nitrogens with one attached hydrogen (secondary N) is 1. The molecule has 0 unspecified atom stereocenters. The second-order valence-corrected chi connectivity index (χ2v) is 7.96. The van der Waals surface area contributed by atoms with Gasteiger partial charge < -0.3 is 4.42 Å². The van der Waals surface area contributed by atoms with Crippen LogP contribution in [0, 0.1) is 17.0 Å². The Balaban J connectivity index is 1.53. The van der Waals surface area contributed by atoms with Gasteiger partial charge in [-0.2, -0.15) is 5.10 Å². The van der Waals surface area contributed by atoms with Crippen molar-refractivity contribution in [1.82, 2.24) is 19.4 Å². The molecule has 0 aliphatic heterocycles. The van der Waals surface area contributed by atoms with Crippen molar-refractivity contribution in [2.75, 3.05) is 5.43 Å². The molecule has 4 aromatic heterocycles. The van der Waals surface area contributed by atoms with Crippen molar-refractivity contribution in [2.24, 2.45) is 0 Å². The molecule has 0 radical (unpaired) electrons. The van der Waals surface area contributed by atoms with Gasteiger partial charge in [0.15, 0.2) is 5.76 Å². The van der Waals surface area contributed by atoms with E-state index in [2.05, 4.69) is 22.4 Å². The minimum Gasteiger partial charge on any atom is -0.454 e. The quantitative estimate of drug-likeness (QED) is 0.343. The Morgan fingerprint density at radius 2 is 2.19 bits per heavy atom. The van der Waals surface area contributed by atoms with Gasteiger partial charge in [0.05, 0.1) is 16.9 Å². The topological polar surface area (TPSA) is 138 Å². The molecule has 160 valence electrons. The molecule has 0 aromatic carbocycles. The number of hydrogen-bond donors (Lipinski definition) is 1. The third-order valence-electron chi connectivity index (χ3n) is 4.53. The minimum atomic E-state index is -0.618. The van der Waals surface area contributed by atoms with Crippen LogP contribution in [0.25, 0.3) is 10.2 Å². The number of aromatic nitrogens is 4. The van der Waals surface area contributed by atoms with Gasteiger partial charge in [0, 0.05) is 4.88 Å². The average molecular weight is 442 g/mol. The van der Waals surface area contributed by atoms with Gasteiger partial charge in [0.1, 0.15) is 28.8 Å². The smallest absolute Gasteiger partial charge is 0.307 e. The zero-order chi connectivity index (χ0) is 22.1. The fourth-order valence-corrected chi connectivity index (χ4v) is 4.23. The first-order valence-electron chi connectivity index (χ1n) is 9.44. The molecule has 1 amide bonds. The molecular formula is C19H18N6O5S. The van der Waals surface area contributed by atoms with E-state index in [-0.39, 0.29) is 23.6 Å². The van der Waals surface area contributed by atoms with E-state index in [1.807, 2.05) is 6.07 Å². The minimum absolute atomic E-state index is 0.0138. The van der Waals surface area contributed by atoms with E-state index < -0.39 is 10.8 Å². The molecule has 0 saturated heterocycles. The first-order chi connectivity index (χ1) is 14.9. The molecule has 4 rings (SSSR count). The Morgan fingerprint density at radius 3 is 2.90 bits per heavy atom. The van der Waals surface area contributed by atoms with E-state index in [4.69, 9.17) is 4.42 Å². The number of aryl methyl sites for hydroxylation is 2. The standard InChI is InChI=1S/C19H18N6O5S/c1-3-4-14-7-15-18(31-14)21-11(2)24(19(15)27)22-17(26)16-6-5-13(30-16)10-23-9-12(8-20-23)25(28)29/h5-9H,3-4,10H2,1-2H3,(H,22,26). The highest BCUT2D eigenvalue weighted by Crippen LogP contribution is 2.22. The summed E-state index contributed by atoms with van der Waals surface area (Å²) >= 11 is 1.48. The van der Waals surface area contributed by atoms with Gasteiger partial charge in [0.2, 0.25) is 0 Å². The molecule has 0 bridgehead atoms. The fraction of sp³-hybridized carbons (Fsp3) is 0.263.